The van der Waals surface area contributed by atoms with Crippen molar-refractivity contribution in [2.45, 2.75) is 107 Å². The third-order valence-corrected chi connectivity index (χ3v) is 5.89. The van der Waals surface area contributed by atoms with E-state index in [1.807, 2.05) is 85.4 Å². The van der Waals surface area contributed by atoms with Gasteiger partial charge in [-0.25, -0.2) is 29.1 Å². The Morgan fingerprint density at radius 3 is 1.22 bits per heavy atom. The molecule has 0 aliphatic heterocycles. The zero-order valence-electron chi connectivity index (χ0n) is 31.8. The number of carbonyl (C=O) groups excluding carboxylic acids is 2. The van der Waals surface area contributed by atoms with Crippen molar-refractivity contribution in [2.75, 3.05) is 24.7 Å². The van der Waals surface area contributed by atoms with E-state index in [1.165, 1.54) is 13.8 Å². The Morgan fingerprint density at radius 1 is 0.660 bits per heavy atom. The van der Waals surface area contributed by atoms with E-state index >= 15 is 0 Å². The van der Waals surface area contributed by atoms with Crippen LogP contribution in [-0.4, -0.2) is 80.3 Å². The summed E-state index contributed by atoms with van der Waals surface area (Å²) in [5.74, 6) is 1.98. The molecule has 2 heterocycles. The van der Waals surface area contributed by atoms with Crippen molar-refractivity contribution in [3.05, 3.63) is 48.5 Å². The van der Waals surface area contributed by atoms with E-state index in [4.69, 9.17) is 11.5 Å². The number of para-hydroxylation sites is 4. The Hall–Kier alpha value is -5.14. The van der Waals surface area contributed by atoms with E-state index in [2.05, 4.69) is 67.8 Å². The van der Waals surface area contributed by atoms with Crippen molar-refractivity contribution in [2.24, 2.45) is 9.98 Å². The van der Waals surface area contributed by atoms with Crippen molar-refractivity contribution >= 4 is 57.8 Å². The lowest BCUT2D eigenvalue weighted by Crippen LogP contribution is -2.37. The summed E-state index contributed by atoms with van der Waals surface area (Å²) in [5, 5.41) is 6.68. The molecule has 14 heteroatoms. The number of benzene rings is 2. The minimum atomic E-state index is -0.211. The first-order valence-electron chi connectivity index (χ1n) is 16.9. The Balaban J connectivity index is 0.000000379. The number of imidazole rings is 2. The van der Waals surface area contributed by atoms with Gasteiger partial charge in [0, 0.05) is 38.0 Å². The second kappa shape index (κ2) is 21.8. The van der Waals surface area contributed by atoms with E-state index in [0.717, 1.165) is 34.0 Å². The predicted molar refractivity (Wildman–Crippen MR) is 205 cm³/mol. The molecule has 0 saturated heterocycles. The number of rotatable bonds is 6. The van der Waals surface area contributed by atoms with Crippen LogP contribution in [0.3, 0.4) is 0 Å². The van der Waals surface area contributed by atoms with Crippen molar-refractivity contribution < 1.29 is 19.1 Å². The smallest absolute Gasteiger partial charge is 0.302 e. The molecular weight excluding hydrogens is 636 g/mol. The first kappa shape index (κ1) is 42.9. The standard InChI is InChI=1S/2C14H21N5.2C4H8O2/c2*1-9(2)16-14(17-10(3)4)19-12-8-6-5-7-11(12)18-13(19)15;2*1-3-6-4(2)5/h2*5-10H,1-4H3,(H2,15,18)(H,16,17);2*3H2,1-2H3. The molecule has 0 aliphatic carbocycles. The summed E-state index contributed by atoms with van der Waals surface area (Å²) in [6.45, 7) is 23.8. The lowest BCUT2D eigenvalue weighted by atomic mass is 10.3. The Bertz CT molecular complexity index is 1560. The van der Waals surface area contributed by atoms with Gasteiger partial charge >= 0.3 is 11.9 Å². The van der Waals surface area contributed by atoms with Crippen molar-refractivity contribution in [1.82, 2.24) is 29.7 Å². The van der Waals surface area contributed by atoms with Crippen LogP contribution in [0.1, 0.15) is 83.1 Å². The first-order chi connectivity index (χ1) is 23.5. The molecule has 0 bridgehead atoms. The summed E-state index contributed by atoms with van der Waals surface area (Å²) < 4.78 is 12.5. The molecule has 0 radical (unpaired) electrons. The van der Waals surface area contributed by atoms with E-state index in [9.17, 15) is 9.59 Å². The van der Waals surface area contributed by atoms with Crippen LogP contribution in [0, 0.1) is 0 Å². The average molecular weight is 695 g/mol. The molecule has 2 aromatic heterocycles. The number of anilines is 2. The van der Waals surface area contributed by atoms with Gasteiger partial charge in [0.05, 0.1) is 35.3 Å². The van der Waals surface area contributed by atoms with Gasteiger partial charge in [0.1, 0.15) is 0 Å². The van der Waals surface area contributed by atoms with Gasteiger partial charge in [0.2, 0.25) is 23.8 Å². The van der Waals surface area contributed by atoms with E-state index in [1.54, 1.807) is 13.8 Å². The molecule has 0 spiro atoms. The van der Waals surface area contributed by atoms with Gasteiger partial charge in [-0.2, -0.15) is 0 Å². The van der Waals surface area contributed by atoms with Gasteiger partial charge in [-0.05, 0) is 93.5 Å². The Kier molecular flexibility index (Phi) is 18.7. The molecular formula is C36H58N10O4. The average Bonchev–Trinajstić information content (AvgIpc) is 3.51. The highest BCUT2D eigenvalue weighted by Gasteiger charge is 2.15. The molecule has 6 N–H and O–H groups in total. The topological polar surface area (TPSA) is 189 Å². The van der Waals surface area contributed by atoms with Gasteiger partial charge in [0.15, 0.2) is 0 Å². The van der Waals surface area contributed by atoms with Gasteiger partial charge in [0.25, 0.3) is 0 Å². The molecule has 2 aromatic carbocycles. The molecule has 14 nitrogen and oxygen atoms in total. The molecule has 0 saturated carbocycles. The number of aromatic nitrogens is 4. The van der Waals surface area contributed by atoms with Crippen LogP contribution in [-0.2, 0) is 19.1 Å². The maximum Gasteiger partial charge on any atom is 0.302 e. The van der Waals surface area contributed by atoms with Crippen LogP contribution in [0.4, 0.5) is 11.9 Å². The number of ether oxygens (including phenoxy) is 2. The monoisotopic (exact) mass is 694 g/mol. The number of hydrogen-bond acceptors (Lipinski definition) is 10. The molecule has 0 aliphatic rings. The number of hydrogen-bond donors (Lipinski definition) is 4. The molecule has 0 atom stereocenters. The fourth-order valence-corrected chi connectivity index (χ4v) is 4.27. The molecule has 4 aromatic rings. The minimum Gasteiger partial charge on any atom is -0.466 e. The van der Waals surface area contributed by atoms with Gasteiger partial charge in [-0.15, -0.1) is 0 Å². The van der Waals surface area contributed by atoms with Crippen LogP contribution in [0.5, 0.6) is 0 Å². The molecule has 0 unspecified atom stereocenters. The second-order valence-corrected chi connectivity index (χ2v) is 12.1. The van der Waals surface area contributed by atoms with Crippen molar-refractivity contribution in [3.63, 3.8) is 0 Å². The zero-order chi connectivity index (χ0) is 38.0. The minimum absolute atomic E-state index is 0.182. The van der Waals surface area contributed by atoms with Crippen molar-refractivity contribution in [3.8, 4) is 0 Å². The number of nitrogens with two attached hydrogens (primary N) is 2. The van der Waals surface area contributed by atoms with E-state index < -0.39 is 0 Å². The summed E-state index contributed by atoms with van der Waals surface area (Å²) in [6.07, 6.45) is 0. The highest BCUT2D eigenvalue weighted by Crippen LogP contribution is 2.18. The van der Waals surface area contributed by atoms with E-state index in [0.29, 0.717) is 25.1 Å². The SMILES string of the molecule is CC(C)N=C(NC(C)C)n1c(N)nc2ccccc21.CC(C)N=C(NC(C)C)n1c(N)nc2ccccc21.CCOC(C)=O.CCOC(C)=O. The number of nitrogens with zero attached hydrogens (tertiary/aromatic N) is 6. The summed E-state index contributed by atoms with van der Waals surface area (Å²) in [5.41, 5.74) is 15.8. The summed E-state index contributed by atoms with van der Waals surface area (Å²) in [6, 6.07) is 16.7. The second-order valence-electron chi connectivity index (χ2n) is 12.1. The van der Waals surface area contributed by atoms with E-state index in [-0.39, 0.29) is 36.1 Å². The fraction of sp³-hybridized carbons (Fsp3) is 0.500. The molecule has 4 rings (SSSR count). The largest absolute Gasteiger partial charge is 0.466 e. The quantitative estimate of drug-likeness (QED) is 0.112. The number of aliphatic imine (C=N–C) groups is 2. The van der Waals surface area contributed by atoms with Crippen molar-refractivity contribution in [1.29, 1.82) is 0 Å². The first-order valence-corrected chi connectivity index (χ1v) is 16.9. The van der Waals surface area contributed by atoms with Crippen LogP contribution in [0.15, 0.2) is 58.5 Å². The van der Waals surface area contributed by atoms with Gasteiger partial charge in [-0.3, -0.25) is 9.59 Å². The Morgan fingerprint density at radius 2 is 0.980 bits per heavy atom. The lowest BCUT2D eigenvalue weighted by Gasteiger charge is -2.16. The molecule has 0 amide bonds. The summed E-state index contributed by atoms with van der Waals surface area (Å²) in [7, 11) is 0. The maximum absolute atomic E-state index is 9.82. The summed E-state index contributed by atoms with van der Waals surface area (Å²) >= 11 is 0. The van der Waals surface area contributed by atoms with Crippen LogP contribution in [0.25, 0.3) is 22.1 Å². The zero-order valence-corrected chi connectivity index (χ0v) is 31.8. The lowest BCUT2D eigenvalue weighted by molar-refractivity contribution is -0.141. The maximum atomic E-state index is 9.82. The highest BCUT2D eigenvalue weighted by molar-refractivity contribution is 5.96. The molecule has 0 fully saturated rings. The number of esters is 2. The van der Waals surface area contributed by atoms with Gasteiger partial charge in [-0.1, -0.05) is 24.3 Å². The molecule has 276 valence electrons. The third-order valence-electron chi connectivity index (χ3n) is 5.89. The number of carbonyl (C=O) groups is 2. The predicted octanol–water partition coefficient (Wildman–Crippen LogP) is 5.60. The molecule has 50 heavy (non-hydrogen) atoms. The van der Waals surface area contributed by atoms with Crippen LogP contribution >= 0.6 is 0 Å². The number of nitrogen functional groups attached to an aromatic ring is 2. The van der Waals surface area contributed by atoms with Crippen LogP contribution in [0.2, 0.25) is 0 Å². The number of nitrogens with one attached hydrogen (secondary N) is 2. The van der Waals surface area contributed by atoms with Crippen LogP contribution < -0.4 is 22.1 Å². The fourth-order valence-electron chi connectivity index (χ4n) is 4.27. The third kappa shape index (κ3) is 15.0. The normalized spacial score (nSPS) is 11.4. The highest BCUT2D eigenvalue weighted by atomic mass is 16.5. The Labute approximate surface area is 296 Å². The van der Waals surface area contributed by atoms with Gasteiger partial charge < -0.3 is 31.6 Å². The number of fused-ring (bicyclic) bond motifs is 2. The summed E-state index contributed by atoms with van der Waals surface area (Å²) in [4.78, 5) is 37.6.